The van der Waals surface area contributed by atoms with Gasteiger partial charge in [0.05, 0.1) is 24.7 Å². The summed E-state index contributed by atoms with van der Waals surface area (Å²) in [4.78, 5) is 8.78. The Balaban J connectivity index is 1.49. The van der Waals surface area contributed by atoms with E-state index in [0.29, 0.717) is 22.4 Å². The molecule has 0 spiro atoms. The lowest BCUT2D eigenvalue weighted by molar-refractivity contribution is 0.0347. The molecule has 3 rings (SSSR count). The zero-order valence-electron chi connectivity index (χ0n) is 16.4. The third kappa shape index (κ3) is 5.40. The fraction of sp³-hybridized carbons (Fsp3) is 0.571. The summed E-state index contributed by atoms with van der Waals surface area (Å²) in [5, 5.41) is 4.28. The monoisotopic (exact) mass is 426 g/mol. The minimum absolute atomic E-state index is 0.0464. The van der Waals surface area contributed by atoms with Gasteiger partial charge in [-0.05, 0) is 57.0 Å². The predicted octanol–water partition coefficient (Wildman–Crippen LogP) is 5.04. The number of alkyl halides is 1. The molecule has 7 heteroatoms. The number of benzene rings is 1. The minimum Gasteiger partial charge on any atom is -0.356 e. The van der Waals surface area contributed by atoms with Gasteiger partial charge in [0.1, 0.15) is 6.17 Å². The van der Waals surface area contributed by atoms with Crippen LogP contribution in [-0.2, 0) is 0 Å². The maximum Gasteiger partial charge on any atom is 0.133 e. The lowest BCUT2D eigenvalue weighted by atomic mass is 9.98. The molecule has 28 heavy (non-hydrogen) atoms. The van der Waals surface area contributed by atoms with Crippen molar-refractivity contribution in [3.05, 3.63) is 46.2 Å². The van der Waals surface area contributed by atoms with Crippen LogP contribution in [0.5, 0.6) is 0 Å². The van der Waals surface area contributed by atoms with Crippen LogP contribution in [0, 0.1) is 0 Å². The summed E-state index contributed by atoms with van der Waals surface area (Å²) in [5.74, 6) is 0.679. The first-order valence-corrected chi connectivity index (χ1v) is 10.8. The zero-order valence-corrected chi connectivity index (χ0v) is 17.9. The van der Waals surface area contributed by atoms with E-state index in [9.17, 15) is 4.39 Å². The Labute approximate surface area is 177 Å². The van der Waals surface area contributed by atoms with Crippen molar-refractivity contribution in [2.24, 2.45) is 4.99 Å². The summed E-state index contributed by atoms with van der Waals surface area (Å²) in [6, 6.07) is 5.31. The third-order valence-corrected chi connectivity index (χ3v) is 6.25. The maximum absolute atomic E-state index is 14.8. The largest absolute Gasteiger partial charge is 0.356 e. The Kier molecular flexibility index (Phi) is 7.61. The normalized spacial score (nSPS) is 25.1. The second-order valence-electron chi connectivity index (χ2n) is 7.63. The number of nitrogens with zero attached hydrogens (tertiary/aromatic N) is 3. The third-order valence-electron chi connectivity index (χ3n) is 5.69. The van der Waals surface area contributed by atoms with Gasteiger partial charge in [0.2, 0.25) is 0 Å². The average Bonchev–Trinajstić information content (AvgIpc) is 2.68. The van der Waals surface area contributed by atoms with Crippen molar-refractivity contribution in [1.29, 1.82) is 0 Å². The van der Waals surface area contributed by atoms with Crippen LogP contribution < -0.4 is 5.32 Å². The van der Waals surface area contributed by atoms with Gasteiger partial charge in [-0.25, -0.2) is 4.39 Å². The average molecular weight is 427 g/mol. The Morgan fingerprint density at radius 3 is 2.71 bits per heavy atom. The van der Waals surface area contributed by atoms with E-state index in [1.54, 1.807) is 18.5 Å². The van der Waals surface area contributed by atoms with Crippen molar-refractivity contribution < 1.29 is 4.39 Å². The van der Waals surface area contributed by atoms with E-state index < -0.39 is 6.17 Å². The first-order chi connectivity index (χ1) is 13.5. The highest BCUT2D eigenvalue weighted by Crippen LogP contribution is 2.28. The second kappa shape index (κ2) is 9.95. The van der Waals surface area contributed by atoms with Gasteiger partial charge >= 0.3 is 0 Å². The summed E-state index contributed by atoms with van der Waals surface area (Å²) in [5.41, 5.74) is 0.904. The molecular formula is C21H29Cl2FN4. The molecule has 1 aromatic carbocycles. The Morgan fingerprint density at radius 1 is 1.29 bits per heavy atom. The van der Waals surface area contributed by atoms with Crippen LogP contribution >= 0.6 is 23.2 Å². The number of piperidine rings is 2. The zero-order chi connectivity index (χ0) is 20.1. The summed E-state index contributed by atoms with van der Waals surface area (Å²) in [6.07, 6.45) is 5.24. The molecule has 2 aliphatic rings. The van der Waals surface area contributed by atoms with Crippen molar-refractivity contribution in [2.75, 3.05) is 26.2 Å². The fourth-order valence-corrected chi connectivity index (χ4v) is 4.60. The molecule has 4 nitrogen and oxygen atoms in total. The van der Waals surface area contributed by atoms with Crippen LogP contribution in [-0.4, -0.2) is 54.5 Å². The fourth-order valence-electron chi connectivity index (χ4n) is 4.03. The van der Waals surface area contributed by atoms with E-state index in [-0.39, 0.29) is 12.1 Å². The van der Waals surface area contributed by atoms with Crippen LogP contribution in [0.15, 0.2) is 35.6 Å². The molecule has 0 saturated carbocycles. The Hall–Kier alpha value is -1.30. The van der Waals surface area contributed by atoms with Crippen LogP contribution in [0.25, 0.3) is 0 Å². The summed E-state index contributed by atoms with van der Waals surface area (Å²) in [6.45, 7) is 9.24. The first kappa shape index (κ1) is 21.4. The Bertz CT molecular complexity index is 706. The van der Waals surface area contributed by atoms with Gasteiger partial charge in [0.15, 0.2) is 0 Å². The quantitative estimate of drug-likeness (QED) is 0.510. The van der Waals surface area contributed by atoms with E-state index in [2.05, 4.69) is 21.8 Å². The van der Waals surface area contributed by atoms with Gasteiger partial charge in [-0.2, -0.15) is 0 Å². The first-order valence-electron chi connectivity index (χ1n) is 10.0. The molecule has 2 aliphatic heterocycles. The highest BCUT2D eigenvalue weighted by atomic mass is 35.5. The predicted molar refractivity (Wildman–Crippen MR) is 116 cm³/mol. The number of hydrogen-bond acceptors (Lipinski definition) is 3. The molecule has 0 amide bonds. The van der Waals surface area contributed by atoms with E-state index in [4.69, 9.17) is 23.2 Å². The van der Waals surface area contributed by atoms with E-state index >= 15 is 0 Å². The molecule has 0 aliphatic carbocycles. The lowest BCUT2D eigenvalue weighted by Gasteiger charge is -2.43. The van der Waals surface area contributed by atoms with E-state index in [0.717, 1.165) is 31.6 Å². The van der Waals surface area contributed by atoms with Crippen LogP contribution in [0.2, 0.25) is 10.0 Å². The molecule has 2 heterocycles. The van der Waals surface area contributed by atoms with Crippen molar-refractivity contribution in [2.45, 2.75) is 50.9 Å². The molecule has 1 aromatic rings. The SMILES string of the molecule is C=C(NC=NC(C)c1ccc(Cl)cc1Cl)N1CCC(N2CCCCC2)C(F)C1. The molecule has 3 atom stereocenters. The van der Waals surface area contributed by atoms with Crippen LogP contribution in [0.3, 0.4) is 0 Å². The smallest absolute Gasteiger partial charge is 0.133 e. The summed E-state index contributed by atoms with van der Waals surface area (Å²) < 4.78 is 14.8. The molecule has 0 bridgehead atoms. The molecule has 2 fully saturated rings. The van der Waals surface area contributed by atoms with E-state index in [1.165, 1.54) is 19.3 Å². The second-order valence-corrected chi connectivity index (χ2v) is 8.47. The summed E-state index contributed by atoms with van der Waals surface area (Å²) in [7, 11) is 0. The standard InChI is InChI=1S/C21H29Cl2FN4/c1-15(18-7-6-17(22)12-19(18)23)25-14-26-16(2)28-11-8-21(20(24)13-28)27-9-4-3-5-10-27/h6-7,12,14-15,20-21H,2-5,8-11,13H2,1H3,(H,25,26). The number of aliphatic imine (C=N–C) groups is 1. The molecule has 3 unspecified atom stereocenters. The van der Waals surface area contributed by atoms with Gasteiger partial charge in [0, 0.05) is 22.6 Å². The van der Waals surface area contributed by atoms with Crippen molar-refractivity contribution >= 4 is 29.5 Å². The van der Waals surface area contributed by atoms with Crippen LogP contribution in [0.4, 0.5) is 4.39 Å². The lowest BCUT2D eigenvalue weighted by Crippen LogP contribution is -2.54. The number of hydrogen-bond donors (Lipinski definition) is 1. The highest BCUT2D eigenvalue weighted by Gasteiger charge is 2.34. The number of halogens is 3. The van der Waals surface area contributed by atoms with Gasteiger partial charge in [0.25, 0.3) is 0 Å². The van der Waals surface area contributed by atoms with Crippen molar-refractivity contribution in [3.8, 4) is 0 Å². The van der Waals surface area contributed by atoms with Gasteiger partial charge in [-0.3, -0.25) is 9.89 Å². The number of rotatable bonds is 6. The van der Waals surface area contributed by atoms with Crippen molar-refractivity contribution in [1.82, 2.24) is 15.1 Å². The molecule has 154 valence electrons. The topological polar surface area (TPSA) is 30.9 Å². The molecule has 0 aromatic heterocycles. The van der Waals surface area contributed by atoms with Gasteiger partial charge < -0.3 is 10.2 Å². The number of nitrogens with one attached hydrogen (secondary N) is 1. The van der Waals surface area contributed by atoms with Crippen LogP contribution in [0.1, 0.15) is 44.2 Å². The van der Waals surface area contributed by atoms with Crippen molar-refractivity contribution in [3.63, 3.8) is 0 Å². The number of likely N-dealkylation sites (tertiary alicyclic amines) is 2. The van der Waals surface area contributed by atoms with E-state index in [1.807, 2.05) is 17.9 Å². The molecule has 2 saturated heterocycles. The highest BCUT2D eigenvalue weighted by molar-refractivity contribution is 6.35. The molecule has 0 radical (unpaired) electrons. The van der Waals surface area contributed by atoms with Gasteiger partial charge in [-0.15, -0.1) is 0 Å². The minimum atomic E-state index is -0.853. The molecule has 1 N–H and O–H groups in total. The molecular weight excluding hydrogens is 398 g/mol. The summed E-state index contributed by atoms with van der Waals surface area (Å²) >= 11 is 12.2. The Morgan fingerprint density at radius 2 is 2.04 bits per heavy atom. The maximum atomic E-state index is 14.8. The van der Waals surface area contributed by atoms with Gasteiger partial charge in [-0.1, -0.05) is 42.3 Å².